The molecule has 2 fully saturated rings. The predicted octanol–water partition coefficient (Wildman–Crippen LogP) is 1.06. The second-order valence-electron chi connectivity index (χ2n) is 7.46. The number of nitrogens with zero attached hydrogens (tertiary/aromatic N) is 2. The van der Waals surface area contributed by atoms with Crippen molar-refractivity contribution in [3.63, 3.8) is 0 Å². The molecule has 0 saturated carbocycles. The van der Waals surface area contributed by atoms with Gasteiger partial charge in [-0.05, 0) is 36.8 Å². The molecule has 26 heavy (non-hydrogen) atoms. The van der Waals surface area contributed by atoms with Gasteiger partial charge in [0.2, 0.25) is 15.9 Å². The lowest BCUT2D eigenvalue weighted by Crippen LogP contribution is -2.44. The van der Waals surface area contributed by atoms with Crippen LogP contribution in [0.4, 0.5) is 0 Å². The Morgan fingerprint density at radius 1 is 1.19 bits per heavy atom. The quantitative estimate of drug-likeness (QED) is 0.840. The number of aromatic amines is 1. The van der Waals surface area contributed by atoms with Crippen molar-refractivity contribution in [2.45, 2.75) is 31.1 Å². The third kappa shape index (κ3) is 2.66. The number of fused-ring (bicyclic) bond motifs is 1. The standard InChI is InChI=1S/C17H21N3O5S/c1-11-7-12-13(25-16(22)18-12)8-14(11)26(23,24)20-5-3-17(4-6-20)9-15(21)19(2)10-17/h7-8H,3-6,9-10H2,1-2H3,(H,18,22). The van der Waals surface area contributed by atoms with E-state index in [4.69, 9.17) is 4.42 Å². The Hall–Kier alpha value is -2.13. The number of piperidine rings is 1. The summed E-state index contributed by atoms with van der Waals surface area (Å²) in [6.07, 6.45) is 1.84. The Balaban J connectivity index is 1.61. The van der Waals surface area contributed by atoms with Gasteiger partial charge in [0.15, 0.2) is 5.58 Å². The summed E-state index contributed by atoms with van der Waals surface area (Å²) in [5.74, 6) is -0.478. The summed E-state index contributed by atoms with van der Waals surface area (Å²) in [5.41, 5.74) is 1.17. The van der Waals surface area contributed by atoms with Crippen LogP contribution in [0, 0.1) is 12.3 Å². The van der Waals surface area contributed by atoms with E-state index < -0.39 is 15.8 Å². The number of carbonyl (C=O) groups excluding carboxylic acids is 1. The van der Waals surface area contributed by atoms with E-state index in [2.05, 4.69) is 4.98 Å². The Labute approximate surface area is 150 Å². The molecule has 2 aromatic rings. The van der Waals surface area contributed by atoms with Crippen molar-refractivity contribution in [2.75, 3.05) is 26.7 Å². The first-order valence-electron chi connectivity index (χ1n) is 8.58. The van der Waals surface area contributed by atoms with Gasteiger partial charge in [0.05, 0.1) is 10.4 Å². The van der Waals surface area contributed by atoms with E-state index in [1.807, 2.05) is 0 Å². The molecule has 0 unspecified atom stereocenters. The molecule has 2 saturated heterocycles. The molecule has 3 heterocycles. The van der Waals surface area contributed by atoms with Gasteiger partial charge in [-0.1, -0.05) is 0 Å². The van der Waals surface area contributed by atoms with Crippen molar-refractivity contribution < 1.29 is 17.6 Å². The molecule has 1 amide bonds. The van der Waals surface area contributed by atoms with E-state index >= 15 is 0 Å². The summed E-state index contributed by atoms with van der Waals surface area (Å²) >= 11 is 0. The van der Waals surface area contributed by atoms with Crippen LogP contribution in [0.25, 0.3) is 11.1 Å². The van der Waals surface area contributed by atoms with Crippen LogP contribution in [0.3, 0.4) is 0 Å². The number of hydrogen-bond donors (Lipinski definition) is 1. The molecule has 2 aliphatic rings. The smallest absolute Gasteiger partial charge is 0.408 e. The molecule has 0 atom stereocenters. The summed E-state index contributed by atoms with van der Waals surface area (Å²) in [7, 11) is -1.89. The van der Waals surface area contributed by atoms with Gasteiger partial charge in [-0.15, -0.1) is 0 Å². The monoisotopic (exact) mass is 379 g/mol. The van der Waals surface area contributed by atoms with Gasteiger partial charge >= 0.3 is 5.76 Å². The highest BCUT2D eigenvalue weighted by molar-refractivity contribution is 7.89. The minimum atomic E-state index is -3.69. The van der Waals surface area contributed by atoms with Crippen molar-refractivity contribution in [2.24, 2.45) is 5.41 Å². The summed E-state index contributed by atoms with van der Waals surface area (Å²) < 4.78 is 32.7. The van der Waals surface area contributed by atoms with Gasteiger partial charge in [-0.25, -0.2) is 13.2 Å². The molecule has 0 bridgehead atoms. The number of rotatable bonds is 2. The minimum Gasteiger partial charge on any atom is -0.408 e. The summed E-state index contributed by atoms with van der Waals surface area (Å²) in [4.78, 5) is 27.6. The average Bonchev–Trinajstić information content (AvgIpc) is 3.05. The van der Waals surface area contributed by atoms with Crippen molar-refractivity contribution in [1.29, 1.82) is 0 Å². The summed E-state index contributed by atoms with van der Waals surface area (Å²) in [5, 5.41) is 0. The fourth-order valence-electron chi connectivity index (χ4n) is 4.14. The lowest BCUT2D eigenvalue weighted by atomic mass is 9.78. The maximum Gasteiger partial charge on any atom is 0.417 e. The zero-order valence-electron chi connectivity index (χ0n) is 14.7. The molecular formula is C17H21N3O5S. The highest BCUT2D eigenvalue weighted by Gasteiger charge is 2.45. The zero-order valence-corrected chi connectivity index (χ0v) is 15.6. The van der Waals surface area contributed by atoms with Gasteiger partial charge < -0.3 is 9.32 Å². The summed E-state index contributed by atoms with van der Waals surface area (Å²) in [6.45, 7) is 3.17. The van der Waals surface area contributed by atoms with Gasteiger partial charge in [-0.3, -0.25) is 9.78 Å². The maximum absolute atomic E-state index is 13.1. The Morgan fingerprint density at radius 3 is 2.50 bits per heavy atom. The lowest BCUT2D eigenvalue weighted by Gasteiger charge is -2.38. The third-order valence-electron chi connectivity index (χ3n) is 5.64. The molecule has 0 radical (unpaired) electrons. The van der Waals surface area contributed by atoms with E-state index in [-0.39, 0.29) is 21.8 Å². The van der Waals surface area contributed by atoms with Gasteiger partial charge in [0, 0.05) is 39.2 Å². The number of oxazole rings is 1. The number of amides is 1. The van der Waals surface area contributed by atoms with Crippen LogP contribution in [0.2, 0.25) is 0 Å². The Kier molecular flexibility index (Phi) is 3.78. The fraction of sp³-hybridized carbons (Fsp3) is 0.529. The van der Waals surface area contributed by atoms with Crippen molar-refractivity contribution >= 4 is 27.0 Å². The van der Waals surface area contributed by atoms with E-state index in [1.54, 1.807) is 24.9 Å². The molecule has 4 rings (SSSR count). The van der Waals surface area contributed by atoms with E-state index in [0.29, 0.717) is 50.0 Å². The lowest BCUT2D eigenvalue weighted by molar-refractivity contribution is -0.126. The second-order valence-corrected chi connectivity index (χ2v) is 9.37. The minimum absolute atomic E-state index is 0.107. The predicted molar refractivity (Wildman–Crippen MR) is 94.3 cm³/mol. The number of likely N-dealkylation sites (tertiary alicyclic amines) is 1. The van der Waals surface area contributed by atoms with Crippen LogP contribution >= 0.6 is 0 Å². The first kappa shape index (κ1) is 17.3. The molecule has 1 N–H and O–H groups in total. The molecule has 1 aromatic carbocycles. The van der Waals surface area contributed by atoms with Gasteiger partial charge in [-0.2, -0.15) is 4.31 Å². The van der Waals surface area contributed by atoms with Crippen molar-refractivity contribution in [3.8, 4) is 0 Å². The Bertz CT molecular complexity index is 1040. The molecule has 140 valence electrons. The molecular weight excluding hydrogens is 358 g/mol. The van der Waals surface area contributed by atoms with E-state index in [0.717, 1.165) is 0 Å². The number of hydrogen-bond acceptors (Lipinski definition) is 5. The highest BCUT2D eigenvalue weighted by atomic mass is 32.2. The number of sulfonamides is 1. The van der Waals surface area contributed by atoms with E-state index in [9.17, 15) is 18.0 Å². The number of H-pyrrole nitrogens is 1. The first-order chi connectivity index (χ1) is 12.2. The third-order valence-corrected chi connectivity index (χ3v) is 7.68. The van der Waals surface area contributed by atoms with Gasteiger partial charge in [0.25, 0.3) is 0 Å². The second kappa shape index (κ2) is 5.68. The Morgan fingerprint density at radius 2 is 1.88 bits per heavy atom. The molecule has 1 spiro atoms. The van der Waals surface area contributed by atoms with Crippen LogP contribution in [0.15, 0.2) is 26.2 Å². The zero-order chi connectivity index (χ0) is 18.7. The molecule has 0 aliphatic carbocycles. The highest BCUT2D eigenvalue weighted by Crippen LogP contribution is 2.41. The van der Waals surface area contributed by atoms with Crippen LogP contribution in [0.1, 0.15) is 24.8 Å². The van der Waals surface area contributed by atoms with E-state index in [1.165, 1.54) is 10.4 Å². The molecule has 1 aromatic heterocycles. The normalized spacial score (nSPS) is 21.2. The number of carbonyl (C=O) groups is 1. The number of aromatic nitrogens is 1. The average molecular weight is 379 g/mol. The topological polar surface area (TPSA) is 104 Å². The van der Waals surface area contributed by atoms with Crippen molar-refractivity contribution in [3.05, 3.63) is 28.2 Å². The first-order valence-corrected chi connectivity index (χ1v) is 10.0. The molecule has 8 nitrogen and oxygen atoms in total. The summed E-state index contributed by atoms with van der Waals surface area (Å²) in [6, 6.07) is 3.03. The van der Waals surface area contributed by atoms with Crippen molar-refractivity contribution in [1.82, 2.24) is 14.2 Å². The van der Waals surface area contributed by atoms with Crippen LogP contribution in [0.5, 0.6) is 0 Å². The SMILES string of the molecule is Cc1cc2[nH]c(=O)oc2cc1S(=O)(=O)N1CCC2(CC1)CC(=O)N(C)C2. The van der Waals surface area contributed by atoms with Crippen LogP contribution < -0.4 is 5.76 Å². The number of nitrogens with one attached hydrogen (secondary N) is 1. The number of benzene rings is 1. The van der Waals surface area contributed by atoms with Gasteiger partial charge in [0.1, 0.15) is 0 Å². The van der Waals surface area contributed by atoms with Crippen LogP contribution in [-0.2, 0) is 14.8 Å². The maximum atomic E-state index is 13.1. The fourth-order valence-corrected chi connectivity index (χ4v) is 5.81. The molecule has 2 aliphatic heterocycles. The molecule has 9 heteroatoms. The van der Waals surface area contributed by atoms with Crippen LogP contribution in [-0.4, -0.2) is 55.2 Å². The largest absolute Gasteiger partial charge is 0.417 e. The number of aryl methyl sites for hydroxylation is 1.